The molecular weight excluding hydrogens is 400 g/mol. The summed E-state index contributed by atoms with van der Waals surface area (Å²) in [6.45, 7) is 17.4. The van der Waals surface area contributed by atoms with Crippen LogP contribution in [0, 0.1) is 0 Å². The average Bonchev–Trinajstić information content (AvgIpc) is 2.46. The van der Waals surface area contributed by atoms with E-state index < -0.39 is 50.2 Å². The number of aliphatic hydroxyl groups excluding tert-OH is 3. The first kappa shape index (κ1) is 26.7. The number of hydrogen-bond acceptors (Lipinski definition) is 7. The van der Waals surface area contributed by atoms with Crippen molar-refractivity contribution in [1.82, 2.24) is 0 Å². The van der Waals surface area contributed by atoms with Crippen LogP contribution in [0.4, 0.5) is 0 Å². The molecule has 27 heavy (non-hydrogen) atoms. The normalized spacial score (nSPS) is 16.6. The molecule has 0 radical (unpaired) electrons. The van der Waals surface area contributed by atoms with Gasteiger partial charge in [-0.3, -0.25) is 0 Å². The Balaban J connectivity index is 6.05. The molecule has 3 N–H and O–H groups in total. The van der Waals surface area contributed by atoms with Crippen molar-refractivity contribution >= 4 is 31.2 Å². The minimum atomic E-state index is -2.87. The van der Waals surface area contributed by atoms with Crippen molar-refractivity contribution in [2.24, 2.45) is 0 Å². The number of aliphatic hydroxyl groups is 3. The number of ether oxygens (including phenoxy) is 1. The van der Waals surface area contributed by atoms with E-state index in [1.807, 2.05) is 13.5 Å². The Morgan fingerprint density at radius 3 is 1.74 bits per heavy atom. The topological polar surface area (TPSA) is 105 Å². The predicted octanol–water partition coefficient (Wildman–Crippen LogP) is 2.63. The summed E-state index contributed by atoms with van der Waals surface area (Å²) in [5, 5.41) is 28.9. The maximum absolute atomic E-state index is 12.6. The van der Waals surface area contributed by atoms with Gasteiger partial charge in [-0.05, 0) is 64.4 Å². The number of allylic oxidation sites excluding steroid dienone is 1. The van der Waals surface area contributed by atoms with Gasteiger partial charge in [0.2, 0.25) is 6.29 Å². The third-order valence-electron chi connectivity index (χ3n) is 3.55. The molecule has 7 nitrogen and oxygen atoms in total. The van der Waals surface area contributed by atoms with Crippen LogP contribution in [-0.4, -0.2) is 65.5 Å². The van der Waals surface area contributed by atoms with Crippen molar-refractivity contribution in [3.63, 3.8) is 0 Å². The summed E-state index contributed by atoms with van der Waals surface area (Å²) in [6, 6.07) is 0. The Hall–Kier alpha value is -0.339. The molecule has 0 aliphatic carbocycles. The highest BCUT2D eigenvalue weighted by Crippen LogP contribution is 2.32. The Labute approximate surface area is 166 Å². The smallest absolute Gasteiger partial charge is 0.345 e. The first-order valence-corrected chi connectivity index (χ1v) is 18.5. The molecule has 0 aromatic carbocycles. The first-order valence-electron chi connectivity index (χ1n) is 9.35. The highest BCUT2D eigenvalue weighted by Gasteiger charge is 2.45. The van der Waals surface area contributed by atoms with E-state index in [1.54, 1.807) is 6.92 Å². The SMILES string of the molecule is CCC/C(=C(/C)C(=O)OC(O)C(O)CO)[Si](C)(O[Si](C)(C)C)O[Si](C)(C)C. The molecule has 0 saturated carbocycles. The van der Waals surface area contributed by atoms with E-state index >= 15 is 0 Å². The number of hydrogen-bond donors (Lipinski definition) is 3. The molecule has 2 unspecified atom stereocenters. The van der Waals surface area contributed by atoms with Crippen molar-refractivity contribution in [3.8, 4) is 0 Å². The lowest BCUT2D eigenvalue weighted by Crippen LogP contribution is -2.54. The van der Waals surface area contributed by atoms with E-state index in [0.29, 0.717) is 12.0 Å². The van der Waals surface area contributed by atoms with E-state index in [2.05, 4.69) is 39.3 Å². The van der Waals surface area contributed by atoms with Gasteiger partial charge in [0.25, 0.3) is 0 Å². The summed E-state index contributed by atoms with van der Waals surface area (Å²) >= 11 is 0. The fourth-order valence-electron chi connectivity index (χ4n) is 2.81. The third kappa shape index (κ3) is 9.61. The molecule has 0 heterocycles. The first-order chi connectivity index (χ1) is 12.1. The van der Waals surface area contributed by atoms with Gasteiger partial charge in [0, 0.05) is 5.57 Å². The Bertz CT molecular complexity index is 508. The van der Waals surface area contributed by atoms with Crippen LogP contribution in [0.25, 0.3) is 0 Å². The van der Waals surface area contributed by atoms with E-state index in [4.69, 9.17) is 18.1 Å². The second kappa shape index (κ2) is 10.4. The van der Waals surface area contributed by atoms with Gasteiger partial charge in [-0.2, -0.15) is 0 Å². The van der Waals surface area contributed by atoms with Gasteiger partial charge < -0.3 is 28.3 Å². The average molecular weight is 439 g/mol. The summed E-state index contributed by atoms with van der Waals surface area (Å²) in [5.74, 6) is -0.740. The molecule has 0 fully saturated rings. The van der Waals surface area contributed by atoms with Crippen LogP contribution in [-0.2, 0) is 17.8 Å². The summed E-state index contributed by atoms with van der Waals surface area (Å²) < 4.78 is 18.0. The van der Waals surface area contributed by atoms with Crippen molar-refractivity contribution in [2.75, 3.05) is 6.61 Å². The predicted molar refractivity (Wildman–Crippen MR) is 113 cm³/mol. The van der Waals surface area contributed by atoms with Gasteiger partial charge in [-0.1, -0.05) is 13.3 Å². The molecule has 10 heteroatoms. The molecule has 160 valence electrons. The summed E-state index contributed by atoms with van der Waals surface area (Å²) in [4.78, 5) is 12.6. The maximum Gasteiger partial charge on any atom is 0.345 e. The Morgan fingerprint density at radius 1 is 0.963 bits per heavy atom. The van der Waals surface area contributed by atoms with Crippen LogP contribution in [0.5, 0.6) is 0 Å². The number of carbonyl (C=O) groups is 1. The lowest BCUT2D eigenvalue weighted by atomic mass is 10.2. The third-order valence-corrected chi connectivity index (χ3v) is 13.3. The molecule has 0 aromatic rings. The highest BCUT2D eigenvalue weighted by molar-refractivity contribution is 6.91. The number of esters is 1. The van der Waals surface area contributed by atoms with Gasteiger partial charge >= 0.3 is 14.5 Å². The summed E-state index contributed by atoms with van der Waals surface area (Å²) in [6.07, 6.45) is -1.91. The molecule has 0 bridgehead atoms. The fourth-order valence-corrected chi connectivity index (χ4v) is 15.2. The molecule has 0 aromatic heterocycles. The van der Waals surface area contributed by atoms with Gasteiger partial charge in [-0.25, -0.2) is 4.79 Å². The molecule has 0 rings (SSSR count). The van der Waals surface area contributed by atoms with Crippen LogP contribution in [0.3, 0.4) is 0 Å². The largest absolute Gasteiger partial charge is 0.434 e. The molecule has 0 aliphatic rings. The van der Waals surface area contributed by atoms with Gasteiger partial charge in [0.1, 0.15) is 6.10 Å². The van der Waals surface area contributed by atoms with Crippen LogP contribution in [0.1, 0.15) is 26.7 Å². The van der Waals surface area contributed by atoms with Crippen LogP contribution in [0.2, 0.25) is 45.8 Å². The minimum Gasteiger partial charge on any atom is -0.434 e. The summed E-state index contributed by atoms with van der Waals surface area (Å²) in [7, 11) is -6.81. The van der Waals surface area contributed by atoms with Gasteiger partial charge in [0.05, 0.1) is 6.61 Å². The monoisotopic (exact) mass is 438 g/mol. The Morgan fingerprint density at radius 2 is 1.41 bits per heavy atom. The van der Waals surface area contributed by atoms with E-state index in [9.17, 15) is 15.0 Å². The number of rotatable bonds is 11. The van der Waals surface area contributed by atoms with E-state index in [-0.39, 0.29) is 0 Å². The molecular formula is C17H38O7Si3. The van der Waals surface area contributed by atoms with Crippen LogP contribution >= 0.6 is 0 Å². The zero-order chi connectivity index (χ0) is 21.6. The van der Waals surface area contributed by atoms with Crippen molar-refractivity contribution in [2.45, 2.75) is 84.9 Å². The minimum absolute atomic E-state index is 0.340. The second-order valence-electron chi connectivity index (χ2n) is 8.77. The molecule has 0 aliphatic heterocycles. The van der Waals surface area contributed by atoms with Crippen molar-refractivity contribution in [3.05, 3.63) is 10.8 Å². The fraction of sp³-hybridized carbons (Fsp3) is 0.824. The van der Waals surface area contributed by atoms with E-state index in [0.717, 1.165) is 11.6 Å². The Kier molecular flexibility index (Phi) is 10.3. The zero-order valence-corrected chi connectivity index (χ0v) is 21.3. The quantitative estimate of drug-likeness (QED) is 0.197. The number of carbonyl (C=O) groups excluding carboxylic acids is 1. The molecule has 2 atom stereocenters. The van der Waals surface area contributed by atoms with Gasteiger partial charge in [0.15, 0.2) is 16.6 Å². The summed E-state index contributed by atoms with van der Waals surface area (Å²) in [5.41, 5.74) is 0.340. The lowest BCUT2D eigenvalue weighted by Gasteiger charge is -2.40. The van der Waals surface area contributed by atoms with Crippen LogP contribution in [0.15, 0.2) is 10.8 Å². The van der Waals surface area contributed by atoms with Crippen molar-refractivity contribution in [1.29, 1.82) is 0 Å². The molecule has 0 spiro atoms. The molecule has 0 saturated heterocycles. The maximum atomic E-state index is 12.6. The van der Waals surface area contributed by atoms with Gasteiger partial charge in [-0.15, -0.1) is 0 Å². The molecule has 0 amide bonds. The standard InChI is InChI=1S/C17H38O7Si3/c1-10-11-15(13(2)16(20)22-17(21)14(19)12-18)27(9,23-25(3,4)5)24-26(6,7)8/h14,17-19,21H,10-12H2,1-9H3/b15-13+. The highest BCUT2D eigenvalue weighted by atomic mass is 28.5. The lowest BCUT2D eigenvalue weighted by molar-refractivity contribution is -0.186. The zero-order valence-electron chi connectivity index (χ0n) is 18.3. The van der Waals surface area contributed by atoms with E-state index in [1.165, 1.54) is 0 Å². The van der Waals surface area contributed by atoms with Crippen molar-refractivity contribution < 1.29 is 33.1 Å². The van der Waals surface area contributed by atoms with Crippen LogP contribution < -0.4 is 0 Å². The second-order valence-corrected chi connectivity index (χ2v) is 21.4.